The summed E-state index contributed by atoms with van der Waals surface area (Å²) < 4.78 is 11.2. The van der Waals surface area contributed by atoms with Crippen LogP contribution in [0.2, 0.25) is 10.0 Å². The summed E-state index contributed by atoms with van der Waals surface area (Å²) in [7, 11) is 0. The molecule has 2 amide bonds. The minimum Gasteiger partial charge on any atom is -0.486 e. The van der Waals surface area contributed by atoms with E-state index < -0.39 is 6.04 Å². The van der Waals surface area contributed by atoms with Gasteiger partial charge in [0.25, 0.3) is 0 Å². The zero-order valence-corrected chi connectivity index (χ0v) is 20.7. The summed E-state index contributed by atoms with van der Waals surface area (Å²) in [5, 5.41) is 3.85. The molecule has 0 spiro atoms. The number of benzene rings is 2. The zero-order valence-electron chi connectivity index (χ0n) is 19.2. The fraction of sp³-hybridized carbons (Fsp3) is 0.440. The predicted octanol–water partition coefficient (Wildman–Crippen LogP) is 5.03. The second kappa shape index (κ2) is 11.6. The van der Waals surface area contributed by atoms with E-state index in [1.54, 1.807) is 23.1 Å². The molecular formula is C25H30Cl2N2O4. The first-order chi connectivity index (χ1) is 15.8. The van der Waals surface area contributed by atoms with Crippen LogP contribution in [-0.2, 0) is 22.6 Å². The lowest BCUT2D eigenvalue weighted by Gasteiger charge is -2.32. The molecule has 0 fully saturated rings. The Morgan fingerprint density at radius 1 is 1.06 bits per heavy atom. The molecule has 1 unspecified atom stereocenters. The number of hydrogen-bond donors (Lipinski definition) is 1. The first-order valence-corrected chi connectivity index (χ1v) is 12.0. The van der Waals surface area contributed by atoms with Gasteiger partial charge in [-0.05, 0) is 56.5 Å². The van der Waals surface area contributed by atoms with Gasteiger partial charge in [0.1, 0.15) is 19.3 Å². The smallest absolute Gasteiger partial charge is 0.243 e. The van der Waals surface area contributed by atoms with E-state index in [9.17, 15) is 9.59 Å². The van der Waals surface area contributed by atoms with E-state index in [-0.39, 0.29) is 30.8 Å². The average molecular weight is 493 g/mol. The van der Waals surface area contributed by atoms with Gasteiger partial charge in [-0.1, -0.05) is 42.3 Å². The second-order valence-corrected chi connectivity index (χ2v) is 9.10. The first-order valence-electron chi connectivity index (χ1n) is 11.2. The molecule has 178 valence electrons. The fourth-order valence-corrected chi connectivity index (χ4v) is 4.31. The number of rotatable bonds is 9. The van der Waals surface area contributed by atoms with Gasteiger partial charge >= 0.3 is 0 Å². The van der Waals surface area contributed by atoms with Crippen molar-refractivity contribution < 1.29 is 19.1 Å². The Labute approximate surface area is 205 Å². The van der Waals surface area contributed by atoms with Crippen molar-refractivity contribution in [3.63, 3.8) is 0 Å². The standard InChI is InChI=1S/C25H30Cl2N2O4/c1-4-21(25(31)28-16(2)3)29(15-18-19(26)6-5-7-20(18)27)24(30)11-9-17-8-10-22-23(14-17)33-13-12-32-22/h5-8,10,14,16,21H,4,9,11-13,15H2,1-3H3,(H,28,31). The summed E-state index contributed by atoms with van der Waals surface area (Å²) in [6, 6.07) is 10.2. The second-order valence-electron chi connectivity index (χ2n) is 8.29. The van der Waals surface area contributed by atoms with Crippen molar-refractivity contribution in [2.24, 2.45) is 0 Å². The molecule has 0 saturated heterocycles. The highest BCUT2D eigenvalue weighted by Crippen LogP contribution is 2.31. The van der Waals surface area contributed by atoms with Crippen molar-refractivity contribution >= 4 is 35.0 Å². The maximum atomic E-state index is 13.4. The average Bonchev–Trinajstić information content (AvgIpc) is 2.78. The van der Waals surface area contributed by atoms with Crippen molar-refractivity contribution in [2.75, 3.05) is 13.2 Å². The number of ether oxygens (including phenoxy) is 2. The normalized spacial score (nSPS) is 13.5. The van der Waals surface area contributed by atoms with E-state index in [4.69, 9.17) is 32.7 Å². The number of carbonyl (C=O) groups is 2. The number of aryl methyl sites for hydroxylation is 1. The van der Waals surface area contributed by atoms with Crippen LogP contribution in [0.25, 0.3) is 0 Å². The number of amides is 2. The number of hydrogen-bond acceptors (Lipinski definition) is 4. The Hall–Kier alpha value is -2.44. The van der Waals surface area contributed by atoms with Gasteiger partial charge in [0.2, 0.25) is 11.8 Å². The summed E-state index contributed by atoms with van der Waals surface area (Å²) >= 11 is 12.8. The summed E-state index contributed by atoms with van der Waals surface area (Å²) in [5.41, 5.74) is 1.59. The van der Waals surface area contributed by atoms with E-state index in [1.807, 2.05) is 39.0 Å². The van der Waals surface area contributed by atoms with Crippen LogP contribution in [0.15, 0.2) is 36.4 Å². The first kappa shape index (κ1) is 25.2. The van der Waals surface area contributed by atoms with E-state index in [1.165, 1.54) is 0 Å². The fourth-order valence-electron chi connectivity index (χ4n) is 3.79. The van der Waals surface area contributed by atoms with Gasteiger partial charge in [0.05, 0.1) is 0 Å². The van der Waals surface area contributed by atoms with Crippen LogP contribution in [0, 0.1) is 0 Å². The lowest BCUT2D eigenvalue weighted by molar-refractivity contribution is -0.141. The predicted molar refractivity (Wildman–Crippen MR) is 130 cm³/mol. The van der Waals surface area contributed by atoms with Crippen LogP contribution in [0.5, 0.6) is 11.5 Å². The Morgan fingerprint density at radius 2 is 1.73 bits per heavy atom. The number of nitrogens with one attached hydrogen (secondary N) is 1. The molecule has 0 bridgehead atoms. The molecule has 2 aromatic carbocycles. The Morgan fingerprint density at radius 3 is 2.36 bits per heavy atom. The topological polar surface area (TPSA) is 67.9 Å². The minimum absolute atomic E-state index is 0.0369. The summed E-state index contributed by atoms with van der Waals surface area (Å²) in [6.07, 6.45) is 1.20. The molecule has 8 heteroatoms. The van der Waals surface area contributed by atoms with Gasteiger partial charge in [0.15, 0.2) is 11.5 Å². The highest BCUT2D eigenvalue weighted by atomic mass is 35.5. The number of halogens is 2. The molecule has 1 atom stereocenters. The molecule has 33 heavy (non-hydrogen) atoms. The molecule has 3 rings (SSSR count). The highest BCUT2D eigenvalue weighted by Gasteiger charge is 2.30. The van der Waals surface area contributed by atoms with Crippen LogP contribution in [-0.4, -0.2) is 42.0 Å². The third-order valence-electron chi connectivity index (χ3n) is 5.44. The molecule has 2 aromatic rings. The summed E-state index contributed by atoms with van der Waals surface area (Å²) in [5.74, 6) is 1.06. The summed E-state index contributed by atoms with van der Waals surface area (Å²) in [6.45, 7) is 6.86. The largest absolute Gasteiger partial charge is 0.486 e. The van der Waals surface area contributed by atoms with E-state index in [2.05, 4.69) is 5.32 Å². The third kappa shape index (κ3) is 6.55. The van der Waals surface area contributed by atoms with Gasteiger partial charge < -0.3 is 19.7 Å². The van der Waals surface area contributed by atoms with Crippen LogP contribution >= 0.6 is 23.2 Å². The lowest BCUT2D eigenvalue weighted by atomic mass is 10.1. The lowest BCUT2D eigenvalue weighted by Crippen LogP contribution is -2.50. The van der Waals surface area contributed by atoms with Crippen LogP contribution < -0.4 is 14.8 Å². The molecule has 6 nitrogen and oxygen atoms in total. The molecule has 1 N–H and O–H groups in total. The Bertz CT molecular complexity index is 976. The molecule has 1 aliphatic rings. The number of nitrogens with zero attached hydrogens (tertiary/aromatic N) is 1. The number of fused-ring (bicyclic) bond motifs is 1. The highest BCUT2D eigenvalue weighted by molar-refractivity contribution is 6.36. The maximum absolute atomic E-state index is 13.4. The van der Waals surface area contributed by atoms with E-state index >= 15 is 0 Å². The molecule has 0 aliphatic carbocycles. The van der Waals surface area contributed by atoms with E-state index in [0.717, 1.165) is 5.56 Å². The van der Waals surface area contributed by atoms with Gasteiger partial charge in [0, 0.05) is 34.6 Å². The van der Waals surface area contributed by atoms with Gasteiger partial charge in [-0.15, -0.1) is 0 Å². The van der Waals surface area contributed by atoms with Gasteiger partial charge in [-0.25, -0.2) is 0 Å². The van der Waals surface area contributed by atoms with Crippen molar-refractivity contribution in [3.05, 3.63) is 57.6 Å². The molecule has 0 radical (unpaired) electrons. The SMILES string of the molecule is CCC(C(=O)NC(C)C)N(Cc1c(Cl)cccc1Cl)C(=O)CCc1ccc2c(c1)OCCO2. The van der Waals surface area contributed by atoms with Crippen LogP contribution in [0.3, 0.4) is 0 Å². The van der Waals surface area contributed by atoms with Gasteiger partial charge in [-0.3, -0.25) is 9.59 Å². The van der Waals surface area contributed by atoms with Gasteiger partial charge in [-0.2, -0.15) is 0 Å². The molecule has 1 aliphatic heterocycles. The third-order valence-corrected chi connectivity index (χ3v) is 6.15. The minimum atomic E-state index is -0.632. The molecule has 0 saturated carbocycles. The molecular weight excluding hydrogens is 463 g/mol. The number of carbonyl (C=O) groups excluding carboxylic acids is 2. The van der Waals surface area contributed by atoms with Crippen molar-refractivity contribution in [3.8, 4) is 11.5 Å². The van der Waals surface area contributed by atoms with Crippen molar-refractivity contribution in [1.29, 1.82) is 0 Å². The molecule has 1 heterocycles. The zero-order chi connectivity index (χ0) is 24.0. The summed E-state index contributed by atoms with van der Waals surface area (Å²) in [4.78, 5) is 27.9. The maximum Gasteiger partial charge on any atom is 0.243 e. The van der Waals surface area contributed by atoms with Crippen LogP contribution in [0.1, 0.15) is 44.7 Å². The molecule has 0 aromatic heterocycles. The van der Waals surface area contributed by atoms with Crippen LogP contribution in [0.4, 0.5) is 0 Å². The van der Waals surface area contributed by atoms with Crippen molar-refractivity contribution in [2.45, 2.75) is 58.7 Å². The van der Waals surface area contributed by atoms with Crippen molar-refractivity contribution in [1.82, 2.24) is 10.2 Å². The Kier molecular flexibility index (Phi) is 8.87. The monoisotopic (exact) mass is 492 g/mol. The Balaban J connectivity index is 1.81. The van der Waals surface area contributed by atoms with E-state index in [0.29, 0.717) is 53.2 Å². The quantitative estimate of drug-likeness (QED) is 0.532.